The molecule has 0 spiro atoms. The Bertz CT molecular complexity index is 659. The molecule has 1 atom stereocenters. The number of nitrogens with zero attached hydrogens (tertiary/aromatic N) is 1. The van der Waals surface area contributed by atoms with Gasteiger partial charge >= 0.3 is 0 Å². The van der Waals surface area contributed by atoms with Gasteiger partial charge in [-0.1, -0.05) is 22.0 Å². The van der Waals surface area contributed by atoms with Gasteiger partial charge in [0.2, 0.25) is 10.0 Å². The third kappa shape index (κ3) is 3.62. The quantitative estimate of drug-likeness (QED) is 0.930. The topological polar surface area (TPSA) is 59.1 Å². The lowest BCUT2D eigenvalue weighted by Gasteiger charge is -2.14. The van der Waals surface area contributed by atoms with E-state index < -0.39 is 10.0 Å². The van der Waals surface area contributed by atoms with E-state index in [4.69, 9.17) is 0 Å². The van der Waals surface area contributed by atoms with Gasteiger partial charge in [0.15, 0.2) is 0 Å². The first-order valence-electron chi connectivity index (χ1n) is 5.67. The van der Waals surface area contributed by atoms with Crippen LogP contribution in [0.1, 0.15) is 18.5 Å². The third-order valence-corrected chi connectivity index (χ3v) is 4.68. The van der Waals surface area contributed by atoms with Gasteiger partial charge in [-0.2, -0.15) is 0 Å². The van der Waals surface area contributed by atoms with Crippen LogP contribution < -0.4 is 4.72 Å². The molecule has 4 nitrogen and oxygen atoms in total. The average molecular weight is 341 g/mol. The van der Waals surface area contributed by atoms with Gasteiger partial charge in [-0.3, -0.25) is 4.98 Å². The van der Waals surface area contributed by atoms with Gasteiger partial charge in [0.1, 0.15) is 0 Å². The van der Waals surface area contributed by atoms with Gasteiger partial charge in [0.25, 0.3) is 0 Å². The first-order chi connectivity index (χ1) is 8.99. The molecule has 1 aromatic carbocycles. The lowest BCUT2D eigenvalue weighted by Crippen LogP contribution is -2.26. The molecule has 0 bridgehead atoms. The van der Waals surface area contributed by atoms with Crippen molar-refractivity contribution in [2.45, 2.75) is 17.9 Å². The summed E-state index contributed by atoms with van der Waals surface area (Å²) < 4.78 is 27.8. The van der Waals surface area contributed by atoms with Gasteiger partial charge in [0.05, 0.1) is 4.90 Å². The first kappa shape index (κ1) is 14.2. The molecule has 2 aromatic rings. The molecular weight excluding hydrogens is 328 g/mol. The summed E-state index contributed by atoms with van der Waals surface area (Å²) in [6, 6.07) is 9.86. The van der Waals surface area contributed by atoms with Crippen LogP contribution in [0.15, 0.2) is 58.2 Å². The number of hydrogen-bond acceptors (Lipinski definition) is 3. The molecule has 0 aliphatic heterocycles. The number of nitrogens with one attached hydrogen (secondary N) is 1. The van der Waals surface area contributed by atoms with Crippen LogP contribution in [0.2, 0.25) is 0 Å². The van der Waals surface area contributed by atoms with E-state index in [1.54, 1.807) is 55.7 Å². The normalized spacial score (nSPS) is 13.2. The highest BCUT2D eigenvalue weighted by Crippen LogP contribution is 2.19. The summed E-state index contributed by atoms with van der Waals surface area (Å²) in [6.45, 7) is 1.80. The van der Waals surface area contributed by atoms with Gasteiger partial charge in [-0.05, 0) is 42.8 Å². The van der Waals surface area contributed by atoms with Crippen molar-refractivity contribution < 1.29 is 8.42 Å². The number of pyridine rings is 1. The second-order valence-electron chi connectivity index (χ2n) is 4.08. The van der Waals surface area contributed by atoms with Crippen LogP contribution in [-0.2, 0) is 10.0 Å². The zero-order valence-electron chi connectivity index (χ0n) is 10.2. The fourth-order valence-corrected chi connectivity index (χ4v) is 3.48. The maximum absolute atomic E-state index is 12.2. The molecule has 0 amide bonds. The Morgan fingerprint density at radius 2 is 1.89 bits per heavy atom. The molecule has 0 unspecified atom stereocenters. The van der Waals surface area contributed by atoms with E-state index in [1.807, 2.05) is 0 Å². The van der Waals surface area contributed by atoms with E-state index in [1.165, 1.54) is 0 Å². The summed E-state index contributed by atoms with van der Waals surface area (Å²) >= 11 is 3.27. The minimum Gasteiger partial charge on any atom is -0.265 e. The van der Waals surface area contributed by atoms with Crippen molar-refractivity contribution >= 4 is 26.0 Å². The Labute approximate surface area is 121 Å². The monoisotopic (exact) mass is 340 g/mol. The van der Waals surface area contributed by atoms with E-state index in [0.29, 0.717) is 0 Å². The molecule has 0 aliphatic carbocycles. The zero-order chi connectivity index (χ0) is 13.9. The summed E-state index contributed by atoms with van der Waals surface area (Å²) in [5.41, 5.74) is 0.869. The van der Waals surface area contributed by atoms with E-state index >= 15 is 0 Å². The largest absolute Gasteiger partial charge is 0.265 e. The summed E-state index contributed by atoms with van der Waals surface area (Å²) in [7, 11) is -3.53. The highest BCUT2D eigenvalue weighted by molar-refractivity contribution is 9.10. The Balaban J connectivity index is 2.23. The zero-order valence-corrected chi connectivity index (χ0v) is 12.6. The number of hydrogen-bond donors (Lipinski definition) is 1. The maximum Gasteiger partial charge on any atom is 0.241 e. The molecule has 6 heteroatoms. The van der Waals surface area contributed by atoms with Gasteiger partial charge in [-0.25, -0.2) is 13.1 Å². The van der Waals surface area contributed by atoms with Gasteiger partial charge in [-0.15, -0.1) is 0 Å². The van der Waals surface area contributed by atoms with Crippen molar-refractivity contribution in [2.24, 2.45) is 0 Å². The van der Waals surface area contributed by atoms with Crippen molar-refractivity contribution in [2.75, 3.05) is 0 Å². The Hall–Kier alpha value is -1.24. The predicted molar refractivity (Wildman–Crippen MR) is 77.1 cm³/mol. The molecule has 0 aliphatic rings. The molecule has 2 rings (SSSR count). The molecule has 1 aromatic heterocycles. The standard InChI is InChI=1S/C13H13BrN2O2S/c1-10(11-5-7-15-8-6-11)16-19(17,18)13-4-2-3-12(14)9-13/h2-10,16H,1H3/t10-/m0/s1. The molecule has 100 valence electrons. The summed E-state index contributed by atoms with van der Waals surface area (Å²) in [4.78, 5) is 4.15. The molecule has 19 heavy (non-hydrogen) atoms. The number of benzene rings is 1. The minimum absolute atomic E-state index is 0.239. The lowest BCUT2D eigenvalue weighted by atomic mass is 10.1. The second kappa shape index (κ2) is 5.81. The van der Waals surface area contributed by atoms with E-state index in [-0.39, 0.29) is 10.9 Å². The Morgan fingerprint density at radius 1 is 1.21 bits per heavy atom. The van der Waals surface area contributed by atoms with E-state index in [9.17, 15) is 8.42 Å². The molecule has 0 radical (unpaired) electrons. The minimum atomic E-state index is -3.53. The van der Waals surface area contributed by atoms with E-state index in [0.717, 1.165) is 10.0 Å². The number of rotatable bonds is 4. The average Bonchev–Trinajstić information content (AvgIpc) is 2.39. The Morgan fingerprint density at radius 3 is 2.53 bits per heavy atom. The summed E-state index contributed by atoms with van der Waals surface area (Å²) in [5.74, 6) is 0. The van der Waals surface area contributed by atoms with E-state index in [2.05, 4.69) is 25.6 Å². The van der Waals surface area contributed by atoms with Gasteiger partial charge < -0.3 is 0 Å². The third-order valence-electron chi connectivity index (χ3n) is 2.64. The van der Waals surface area contributed by atoms with Gasteiger partial charge in [0, 0.05) is 22.9 Å². The highest BCUT2D eigenvalue weighted by Gasteiger charge is 2.18. The number of aromatic nitrogens is 1. The Kier molecular flexibility index (Phi) is 4.34. The van der Waals surface area contributed by atoms with Crippen LogP contribution >= 0.6 is 15.9 Å². The predicted octanol–water partition coefficient (Wildman–Crippen LogP) is 2.88. The van der Waals surface area contributed by atoms with Crippen LogP contribution in [0.25, 0.3) is 0 Å². The number of halogens is 1. The summed E-state index contributed by atoms with van der Waals surface area (Å²) in [6.07, 6.45) is 3.28. The molecule has 0 saturated heterocycles. The number of sulfonamides is 1. The molecule has 0 fully saturated rings. The fourth-order valence-electron chi connectivity index (χ4n) is 1.66. The SMILES string of the molecule is C[C@H](NS(=O)(=O)c1cccc(Br)c1)c1ccncc1. The maximum atomic E-state index is 12.2. The van der Waals surface area contributed by atoms with Crippen molar-refractivity contribution in [3.05, 3.63) is 58.8 Å². The van der Waals surface area contributed by atoms with Crippen LogP contribution in [0, 0.1) is 0 Å². The molecule has 1 N–H and O–H groups in total. The second-order valence-corrected chi connectivity index (χ2v) is 6.71. The van der Waals surface area contributed by atoms with Crippen molar-refractivity contribution in [3.8, 4) is 0 Å². The highest BCUT2D eigenvalue weighted by atomic mass is 79.9. The lowest BCUT2D eigenvalue weighted by molar-refractivity contribution is 0.567. The van der Waals surface area contributed by atoms with Crippen LogP contribution in [-0.4, -0.2) is 13.4 Å². The molecule has 0 saturated carbocycles. The summed E-state index contributed by atoms with van der Waals surface area (Å²) in [5, 5.41) is 0. The van der Waals surface area contributed by atoms with Crippen LogP contribution in [0.5, 0.6) is 0 Å². The van der Waals surface area contributed by atoms with Crippen LogP contribution in [0.3, 0.4) is 0 Å². The smallest absolute Gasteiger partial charge is 0.241 e. The van der Waals surface area contributed by atoms with Crippen LogP contribution in [0.4, 0.5) is 0 Å². The molecule has 1 heterocycles. The van der Waals surface area contributed by atoms with Crippen molar-refractivity contribution in [1.29, 1.82) is 0 Å². The fraction of sp³-hybridized carbons (Fsp3) is 0.154. The first-order valence-corrected chi connectivity index (χ1v) is 7.94. The van der Waals surface area contributed by atoms with Crippen molar-refractivity contribution in [3.63, 3.8) is 0 Å². The molecular formula is C13H13BrN2O2S. The van der Waals surface area contributed by atoms with Crippen molar-refractivity contribution in [1.82, 2.24) is 9.71 Å².